The largest absolute Gasteiger partial charge is 0.388 e. The van der Waals surface area contributed by atoms with Gasteiger partial charge in [-0.3, -0.25) is 14.2 Å². The number of nitrogens with zero attached hydrogens (tertiary/aromatic N) is 5. The van der Waals surface area contributed by atoms with Crippen molar-refractivity contribution in [3.05, 3.63) is 88.6 Å². The summed E-state index contributed by atoms with van der Waals surface area (Å²) in [6.45, 7) is 2.34. The van der Waals surface area contributed by atoms with E-state index in [2.05, 4.69) is 10.1 Å². The van der Waals surface area contributed by atoms with E-state index in [0.29, 0.717) is 30.0 Å². The summed E-state index contributed by atoms with van der Waals surface area (Å²) in [5.74, 6) is -1.02. The Kier molecular flexibility index (Phi) is 5.68. The van der Waals surface area contributed by atoms with Crippen molar-refractivity contribution < 1.29 is 18.7 Å². The molecule has 10 heteroatoms. The molecule has 0 spiro atoms. The van der Waals surface area contributed by atoms with Gasteiger partial charge < -0.3 is 10.0 Å². The molecule has 2 aromatic carbocycles. The predicted octanol–water partition coefficient (Wildman–Crippen LogP) is 3.09. The molecule has 1 aliphatic heterocycles. The van der Waals surface area contributed by atoms with E-state index in [9.17, 15) is 23.5 Å². The van der Waals surface area contributed by atoms with Crippen molar-refractivity contribution in [3.63, 3.8) is 0 Å². The van der Waals surface area contributed by atoms with Gasteiger partial charge >= 0.3 is 0 Å². The second-order valence-corrected chi connectivity index (χ2v) is 8.81. The summed E-state index contributed by atoms with van der Waals surface area (Å²) in [5, 5.41) is 15.9. The fourth-order valence-electron chi connectivity index (χ4n) is 4.52. The maximum absolute atomic E-state index is 13.3. The molecule has 1 amide bonds. The maximum atomic E-state index is 13.3. The minimum Gasteiger partial charge on any atom is -0.388 e. The molecule has 2 aromatic heterocycles. The molecular weight excluding hydrogens is 456 g/mol. The van der Waals surface area contributed by atoms with Crippen LogP contribution < -0.4 is 5.56 Å². The Balaban J connectivity index is 1.36. The lowest BCUT2D eigenvalue weighted by molar-refractivity contribution is -0.0523. The van der Waals surface area contributed by atoms with Crippen molar-refractivity contribution in [2.24, 2.45) is 0 Å². The quantitative estimate of drug-likeness (QED) is 0.486. The third-order valence-corrected chi connectivity index (χ3v) is 6.79. The number of aromatic nitrogens is 4. The van der Waals surface area contributed by atoms with Crippen LogP contribution in [0.2, 0.25) is 0 Å². The number of aliphatic hydroxyl groups is 1. The van der Waals surface area contributed by atoms with Gasteiger partial charge in [0.15, 0.2) is 5.65 Å². The number of piperidine rings is 1. The maximum Gasteiger partial charge on any atom is 0.264 e. The Morgan fingerprint density at radius 3 is 2.26 bits per heavy atom. The number of rotatable bonds is 4. The van der Waals surface area contributed by atoms with Crippen molar-refractivity contribution >= 4 is 16.9 Å². The highest BCUT2D eigenvalue weighted by Crippen LogP contribution is 2.33. The van der Waals surface area contributed by atoms with E-state index in [1.165, 1.54) is 58.2 Å². The molecule has 0 aliphatic carbocycles. The van der Waals surface area contributed by atoms with Crippen LogP contribution in [0.5, 0.6) is 0 Å². The summed E-state index contributed by atoms with van der Waals surface area (Å²) < 4.78 is 29.3. The molecule has 35 heavy (non-hydrogen) atoms. The molecule has 1 fully saturated rings. The van der Waals surface area contributed by atoms with Gasteiger partial charge in [0.05, 0.1) is 23.5 Å². The van der Waals surface area contributed by atoms with Crippen LogP contribution in [0, 0.1) is 11.6 Å². The number of carbonyl (C=O) groups excluding carboxylic acids is 1. The molecule has 1 atom stereocenters. The van der Waals surface area contributed by atoms with E-state index in [0.717, 1.165) is 0 Å². The van der Waals surface area contributed by atoms with Crippen molar-refractivity contribution in [2.45, 2.75) is 31.4 Å². The van der Waals surface area contributed by atoms with Crippen LogP contribution in [0.1, 0.15) is 36.2 Å². The Hall–Kier alpha value is -3.92. The van der Waals surface area contributed by atoms with Gasteiger partial charge in [-0.2, -0.15) is 5.10 Å². The lowest BCUT2D eigenvalue weighted by Gasteiger charge is -2.42. The lowest BCUT2D eigenvalue weighted by Crippen LogP contribution is -2.51. The van der Waals surface area contributed by atoms with E-state index in [1.54, 1.807) is 24.0 Å². The van der Waals surface area contributed by atoms with Crippen molar-refractivity contribution in [1.29, 1.82) is 0 Å². The number of amides is 1. The molecule has 3 heterocycles. The number of hydrogen-bond acceptors (Lipinski definition) is 5. The first kappa shape index (κ1) is 22.9. The summed E-state index contributed by atoms with van der Waals surface area (Å²) in [6.07, 6.45) is 3.32. The highest BCUT2D eigenvalue weighted by Gasteiger charge is 2.40. The topological polar surface area (TPSA) is 93.2 Å². The Labute approximate surface area is 199 Å². The second kappa shape index (κ2) is 8.70. The van der Waals surface area contributed by atoms with Crippen LogP contribution in [0.25, 0.3) is 16.7 Å². The molecule has 4 aromatic rings. The summed E-state index contributed by atoms with van der Waals surface area (Å²) in [4.78, 5) is 32.0. The minimum absolute atomic E-state index is 0.229. The number of benzene rings is 2. The lowest BCUT2D eigenvalue weighted by atomic mass is 9.84. The van der Waals surface area contributed by atoms with Gasteiger partial charge in [-0.05, 0) is 68.3 Å². The van der Waals surface area contributed by atoms with Crippen LogP contribution in [0.15, 0.2) is 65.8 Å². The zero-order chi connectivity index (χ0) is 24.7. The molecule has 8 nitrogen and oxygen atoms in total. The number of hydrogen-bond donors (Lipinski definition) is 1. The van der Waals surface area contributed by atoms with E-state index in [4.69, 9.17) is 0 Å². The summed E-state index contributed by atoms with van der Waals surface area (Å²) in [7, 11) is 0. The van der Waals surface area contributed by atoms with Gasteiger partial charge in [0, 0.05) is 18.7 Å². The summed E-state index contributed by atoms with van der Waals surface area (Å²) in [6, 6.07) is 10.4. The van der Waals surface area contributed by atoms with Crippen molar-refractivity contribution in [2.75, 3.05) is 13.1 Å². The minimum atomic E-state index is -1.23. The first-order valence-corrected chi connectivity index (χ1v) is 11.2. The smallest absolute Gasteiger partial charge is 0.264 e. The second-order valence-electron chi connectivity index (χ2n) is 8.81. The molecule has 180 valence electrons. The monoisotopic (exact) mass is 479 g/mol. The molecule has 0 unspecified atom stereocenters. The fourth-order valence-corrected chi connectivity index (χ4v) is 4.52. The zero-order valence-electron chi connectivity index (χ0n) is 18.9. The van der Waals surface area contributed by atoms with E-state index in [-0.39, 0.29) is 35.5 Å². The molecule has 0 saturated carbocycles. The Morgan fingerprint density at radius 2 is 1.63 bits per heavy atom. The molecule has 0 bridgehead atoms. The highest BCUT2D eigenvalue weighted by molar-refractivity contribution is 5.94. The standard InChI is InChI=1S/C25H23F2N5O3/c1-16(25(35)10-12-30(13-11-25)23(33)17-2-4-18(26)5-3-17)31-15-28-22-21(24(31)34)14-29-32(22)20-8-6-19(27)7-9-20/h2-9,14-16,35H,10-13H2,1H3/t16-/m0/s1. The molecule has 0 radical (unpaired) electrons. The molecule has 5 rings (SSSR count). The highest BCUT2D eigenvalue weighted by atomic mass is 19.1. The van der Waals surface area contributed by atoms with Crippen LogP contribution in [0.4, 0.5) is 8.78 Å². The number of fused-ring (bicyclic) bond motifs is 1. The van der Waals surface area contributed by atoms with Crippen LogP contribution in [-0.4, -0.2) is 53.9 Å². The van der Waals surface area contributed by atoms with Gasteiger partial charge in [0.2, 0.25) is 0 Å². The van der Waals surface area contributed by atoms with E-state index >= 15 is 0 Å². The Morgan fingerprint density at radius 1 is 1.03 bits per heavy atom. The third-order valence-electron chi connectivity index (χ3n) is 6.79. The first-order chi connectivity index (χ1) is 16.8. The van der Waals surface area contributed by atoms with Crippen molar-refractivity contribution in [3.8, 4) is 5.69 Å². The predicted molar refractivity (Wildman–Crippen MR) is 124 cm³/mol. The average molecular weight is 479 g/mol. The third kappa shape index (κ3) is 4.10. The van der Waals surface area contributed by atoms with E-state index < -0.39 is 17.5 Å². The van der Waals surface area contributed by atoms with Gasteiger partial charge in [-0.15, -0.1) is 0 Å². The van der Waals surface area contributed by atoms with Gasteiger partial charge in [-0.1, -0.05) is 0 Å². The van der Waals surface area contributed by atoms with Gasteiger partial charge in [0.25, 0.3) is 11.5 Å². The molecular formula is C25H23F2N5O3. The molecule has 1 saturated heterocycles. The van der Waals surface area contributed by atoms with Crippen LogP contribution in [0.3, 0.4) is 0 Å². The molecule has 1 aliphatic rings. The van der Waals surface area contributed by atoms with Gasteiger partial charge in [-0.25, -0.2) is 18.4 Å². The zero-order valence-corrected chi connectivity index (χ0v) is 18.9. The fraction of sp³-hybridized carbons (Fsp3) is 0.280. The van der Waals surface area contributed by atoms with Crippen LogP contribution >= 0.6 is 0 Å². The summed E-state index contributed by atoms with van der Waals surface area (Å²) >= 11 is 0. The van der Waals surface area contributed by atoms with Crippen LogP contribution in [-0.2, 0) is 0 Å². The van der Waals surface area contributed by atoms with Gasteiger partial charge in [0.1, 0.15) is 23.3 Å². The Bertz CT molecular complexity index is 1440. The number of likely N-dealkylation sites (tertiary alicyclic amines) is 1. The van der Waals surface area contributed by atoms with E-state index in [1.807, 2.05) is 0 Å². The SMILES string of the molecule is C[C@H](n1cnc2c(cnn2-c2ccc(F)cc2)c1=O)C1(O)CCN(C(=O)c2ccc(F)cc2)CC1. The normalized spacial score (nSPS) is 16.4. The van der Waals surface area contributed by atoms with Crippen molar-refractivity contribution in [1.82, 2.24) is 24.2 Å². The number of halogens is 2. The summed E-state index contributed by atoms with van der Waals surface area (Å²) in [5.41, 5.74) is -0.304. The molecule has 1 N–H and O–H groups in total. The number of carbonyl (C=O) groups is 1. The average Bonchev–Trinajstić information content (AvgIpc) is 3.30. The first-order valence-electron chi connectivity index (χ1n) is 11.2.